The molecule has 7 heteroatoms. The van der Waals surface area contributed by atoms with Crippen molar-refractivity contribution in [2.45, 2.75) is 24.7 Å². The van der Waals surface area contributed by atoms with Gasteiger partial charge in [-0.25, -0.2) is 12.8 Å². The molecule has 1 aliphatic heterocycles. The number of halogens is 1. The van der Waals surface area contributed by atoms with Gasteiger partial charge in [0.25, 0.3) is 0 Å². The third kappa shape index (κ3) is 3.41. The molecule has 1 aliphatic rings. The second-order valence-corrected chi connectivity index (χ2v) is 6.91. The van der Waals surface area contributed by atoms with Crippen molar-refractivity contribution in [3.05, 3.63) is 30.1 Å². The zero-order chi connectivity index (χ0) is 15.5. The highest BCUT2D eigenvalue weighted by molar-refractivity contribution is 7.89. The molecule has 5 nitrogen and oxygen atoms in total. The topological polar surface area (TPSA) is 66.5 Å². The van der Waals surface area contributed by atoms with Crippen LogP contribution < -0.4 is 5.32 Å². The minimum absolute atomic E-state index is 0.0413. The van der Waals surface area contributed by atoms with Crippen molar-refractivity contribution >= 4 is 15.9 Å². The molecule has 1 saturated heterocycles. The fourth-order valence-electron chi connectivity index (χ4n) is 2.47. The molecule has 0 saturated carbocycles. The van der Waals surface area contributed by atoms with Crippen LogP contribution in [0, 0.1) is 11.7 Å². The summed E-state index contributed by atoms with van der Waals surface area (Å²) in [5, 5.41) is 2.74. The molecule has 1 heterocycles. The first-order valence-corrected chi connectivity index (χ1v) is 8.43. The first-order chi connectivity index (χ1) is 9.96. The quantitative estimate of drug-likeness (QED) is 0.912. The SMILES string of the molecule is CCNC(=O)C1CCN(S(=O)(=O)c2ccccc2F)CC1. The third-order valence-corrected chi connectivity index (χ3v) is 5.56. The summed E-state index contributed by atoms with van der Waals surface area (Å²) < 4.78 is 39.7. The number of rotatable bonds is 4. The van der Waals surface area contributed by atoms with Crippen molar-refractivity contribution < 1.29 is 17.6 Å². The van der Waals surface area contributed by atoms with Crippen molar-refractivity contribution in [2.24, 2.45) is 5.92 Å². The van der Waals surface area contributed by atoms with E-state index in [-0.39, 0.29) is 29.8 Å². The lowest BCUT2D eigenvalue weighted by atomic mass is 9.97. The van der Waals surface area contributed by atoms with Crippen LogP contribution in [0.4, 0.5) is 4.39 Å². The lowest BCUT2D eigenvalue weighted by Gasteiger charge is -2.30. The number of nitrogens with one attached hydrogen (secondary N) is 1. The molecule has 1 aromatic carbocycles. The van der Waals surface area contributed by atoms with Crippen molar-refractivity contribution in [3.63, 3.8) is 0 Å². The number of piperidine rings is 1. The molecule has 1 fully saturated rings. The maximum Gasteiger partial charge on any atom is 0.245 e. The molecule has 1 N–H and O–H groups in total. The fraction of sp³-hybridized carbons (Fsp3) is 0.500. The molecule has 0 aromatic heterocycles. The minimum atomic E-state index is -3.83. The summed E-state index contributed by atoms with van der Waals surface area (Å²) in [5.41, 5.74) is 0. The highest BCUT2D eigenvalue weighted by Gasteiger charge is 2.33. The summed E-state index contributed by atoms with van der Waals surface area (Å²) in [5.74, 6) is -0.958. The van der Waals surface area contributed by atoms with Crippen LogP contribution >= 0.6 is 0 Å². The van der Waals surface area contributed by atoms with Crippen LogP contribution in [0.5, 0.6) is 0 Å². The number of hydrogen-bond acceptors (Lipinski definition) is 3. The number of carbonyl (C=O) groups is 1. The molecule has 1 aromatic rings. The van der Waals surface area contributed by atoms with Gasteiger partial charge < -0.3 is 5.32 Å². The summed E-state index contributed by atoms with van der Waals surface area (Å²) >= 11 is 0. The fourth-order valence-corrected chi connectivity index (χ4v) is 4.00. The zero-order valence-electron chi connectivity index (χ0n) is 11.9. The van der Waals surface area contributed by atoms with Crippen LogP contribution in [0.25, 0.3) is 0 Å². The summed E-state index contributed by atoms with van der Waals surface area (Å²) in [6, 6.07) is 5.35. The normalized spacial score (nSPS) is 17.6. The average Bonchev–Trinajstić information content (AvgIpc) is 2.48. The Hall–Kier alpha value is -1.47. The Bertz CT molecular complexity index is 610. The Kier molecular flexibility index (Phi) is 4.95. The van der Waals surface area contributed by atoms with Gasteiger partial charge in [-0.05, 0) is 31.9 Å². The predicted molar refractivity (Wildman–Crippen MR) is 76.6 cm³/mol. The van der Waals surface area contributed by atoms with Gasteiger partial charge in [0.15, 0.2) is 0 Å². The van der Waals surface area contributed by atoms with E-state index >= 15 is 0 Å². The number of benzene rings is 1. The molecule has 0 aliphatic carbocycles. The number of carbonyl (C=O) groups excluding carboxylic acids is 1. The van der Waals surface area contributed by atoms with Gasteiger partial charge in [-0.2, -0.15) is 4.31 Å². The van der Waals surface area contributed by atoms with E-state index in [1.807, 2.05) is 6.92 Å². The molecule has 0 bridgehead atoms. The summed E-state index contributed by atoms with van der Waals surface area (Å²) in [7, 11) is -3.83. The Morgan fingerprint density at radius 1 is 1.33 bits per heavy atom. The maximum absolute atomic E-state index is 13.7. The number of hydrogen-bond donors (Lipinski definition) is 1. The molecule has 2 rings (SSSR count). The monoisotopic (exact) mass is 314 g/mol. The second-order valence-electron chi connectivity index (χ2n) is 5.00. The van der Waals surface area contributed by atoms with Crippen molar-refractivity contribution in [3.8, 4) is 0 Å². The van der Waals surface area contributed by atoms with E-state index in [9.17, 15) is 17.6 Å². The Balaban J connectivity index is 2.08. The van der Waals surface area contributed by atoms with E-state index < -0.39 is 15.8 Å². The van der Waals surface area contributed by atoms with Gasteiger partial charge in [-0.15, -0.1) is 0 Å². The van der Waals surface area contributed by atoms with Crippen LogP contribution in [-0.4, -0.2) is 38.3 Å². The van der Waals surface area contributed by atoms with Gasteiger partial charge in [0.1, 0.15) is 10.7 Å². The van der Waals surface area contributed by atoms with E-state index in [1.165, 1.54) is 22.5 Å². The van der Waals surface area contributed by atoms with Gasteiger partial charge in [0.2, 0.25) is 15.9 Å². The molecule has 0 spiro atoms. The van der Waals surface area contributed by atoms with Crippen LogP contribution in [0.1, 0.15) is 19.8 Å². The Morgan fingerprint density at radius 3 is 2.52 bits per heavy atom. The molecule has 1 amide bonds. The standard InChI is InChI=1S/C14H19FN2O3S/c1-2-16-14(18)11-7-9-17(10-8-11)21(19,20)13-6-4-3-5-12(13)15/h3-6,11H,2,7-10H2,1H3,(H,16,18). The lowest BCUT2D eigenvalue weighted by Crippen LogP contribution is -2.43. The van der Waals surface area contributed by atoms with Gasteiger partial charge in [0, 0.05) is 25.6 Å². The molecular formula is C14H19FN2O3S. The van der Waals surface area contributed by atoms with Crippen LogP contribution in [0.3, 0.4) is 0 Å². The van der Waals surface area contributed by atoms with Crippen LogP contribution in [0.2, 0.25) is 0 Å². The van der Waals surface area contributed by atoms with Crippen LogP contribution in [0.15, 0.2) is 29.2 Å². The summed E-state index contributed by atoms with van der Waals surface area (Å²) in [6.07, 6.45) is 0.916. The number of nitrogens with zero attached hydrogens (tertiary/aromatic N) is 1. The first kappa shape index (κ1) is 15.9. The lowest BCUT2D eigenvalue weighted by molar-refractivity contribution is -0.126. The molecule has 0 radical (unpaired) electrons. The Morgan fingerprint density at radius 2 is 1.95 bits per heavy atom. The van der Waals surface area contributed by atoms with Crippen LogP contribution in [-0.2, 0) is 14.8 Å². The van der Waals surface area contributed by atoms with Gasteiger partial charge in [-0.3, -0.25) is 4.79 Å². The molecule has 0 atom stereocenters. The minimum Gasteiger partial charge on any atom is -0.356 e. The van der Waals surface area contributed by atoms with E-state index in [1.54, 1.807) is 0 Å². The largest absolute Gasteiger partial charge is 0.356 e. The maximum atomic E-state index is 13.7. The summed E-state index contributed by atoms with van der Waals surface area (Å²) in [6.45, 7) is 2.87. The van der Waals surface area contributed by atoms with Gasteiger partial charge in [-0.1, -0.05) is 12.1 Å². The van der Waals surface area contributed by atoms with E-state index in [2.05, 4.69) is 5.32 Å². The van der Waals surface area contributed by atoms with Crippen molar-refractivity contribution in [2.75, 3.05) is 19.6 Å². The smallest absolute Gasteiger partial charge is 0.245 e. The van der Waals surface area contributed by atoms with E-state index in [0.29, 0.717) is 19.4 Å². The predicted octanol–water partition coefficient (Wildman–Crippen LogP) is 1.36. The molecule has 21 heavy (non-hydrogen) atoms. The van der Waals surface area contributed by atoms with Crippen molar-refractivity contribution in [1.82, 2.24) is 9.62 Å². The highest BCUT2D eigenvalue weighted by Crippen LogP contribution is 2.25. The number of amides is 1. The second kappa shape index (κ2) is 6.53. The molecule has 116 valence electrons. The van der Waals surface area contributed by atoms with E-state index in [4.69, 9.17) is 0 Å². The Labute approximate surface area is 124 Å². The van der Waals surface area contributed by atoms with Gasteiger partial charge in [0.05, 0.1) is 0 Å². The van der Waals surface area contributed by atoms with E-state index in [0.717, 1.165) is 6.07 Å². The third-order valence-electron chi connectivity index (χ3n) is 3.63. The molecular weight excluding hydrogens is 295 g/mol. The highest BCUT2D eigenvalue weighted by atomic mass is 32.2. The summed E-state index contributed by atoms with van der Waals surface area (Å²) in [4.78, 5) is 11.4. The molecule has 0 unspecified atom stereocenters. The number of sulfonamides is 1. The zero-order valence-corrected chi connectivity index (χ0v) is 12.7. The van der Waals surface area contributed by atoms with Crippen molar-refractivity contribution in [1.29, 1.82) is 0 Å². The average molecular weight is 314 g/mol. The first-order valence-electron chi connectivity index (χ1n) is 6.99. The van der Waals surface area contributed by atoms with Gasteiger partial charge >= 0.3 is 0 Å².